The number of carbonyl (C=O) groups excluding carboxylic acids is 2. The summed E-state index contributed by atoms with van der Waals surface area (Å²) < 4.78 is 23.1. The number of nitrogens with one attached hydrogen (secondary N) is 1. The van der Waals surface area contributed by atoms with Gasteiger partial charge in [0.25, 0.3) is 0 Å². The normalized spacial score (nSPS) is 14.2. The number of halogens is 1. The van der Waals surface area contributed by atoms with Crippen LogP contribution in [0.4, 0.5) is 9.18 Å². The molecule has 3 N–H and O–H groups in total. The first-order chi connectivity index (χ1) is 10.5. The van der Waals surface area contributed by atoms with Crippen LogP contribution in [0.3, 0.4) is 0 Å². The number of rotatable bonds is 7. The van der Waals surface area contributed by atoms with Crippen LogP contribution in [0.2, 0.25) is 0 Å². The van der Waals surface area contributed by atoms with E-state index in [0.717, 1.165) is 0 Å². The average Bonchev–Trinajstić information content (AvgIpc) is 2.41. The first-order valence-electron chi connectivity index (χ1n) is 7.23. The van der Waals surface area contributed by atoms with Crippen molar-refractivity contribution in [2.24, 2.45) is 10.7 Å². The quantitative estimate of drug-likeness (QED) is 0.422. The highest BCUT2D eigenvalue weighted by Crippen LogP contribution is 2.09. The van der Waals surface area contributed by atoms with E-state index in [-0.39, 0.29) is 25.2 Å². The van der Waals surface area contributed by atoms with Crippen molar-refractivity contribution in [3.05, 3.63) is 11.9 Å². The largest absolute Gasteiger partial charge is 0.467 e. The van der Waals surface area contributed by atoms with Crippen LogP contribution in [0.5, 0.6) is 0 Å². The van der Waals surface area contributed by atoms with Gasteiger partial charge in [-0.2, -0.15) is 0 Å². The third-order valence-electron chi connectivity index (χ3n) is 2.48. The first-order valence-corrected chi connectivity index (χ1v) is 7.23. The molecule has 0 aliphatic rings. The van der Waals surface area contributed by atoms with E-state index >= 15 is 0 Å². The smallest absolute Gasteiger partial charge is 0.408 e. The predicted molar refractivity (Wildman–Crippen MR) is 85.8 cm³/mol. The molecule has 1 amide bonds. The molecule has 0 aliphatic heterocycles. The Labute approximate surface area is 136 Å². The molecule has 0 rings (SSSR count). The Bertz CT molecular complexity index is 466. The van der Waals surface area contributed by atoms with Gasteiger partial charge in [-0.05, 0) is 40.5 Å². The van der Waals surface area contributed by atoms with Crippen LogP contribution in [0.15, 0.2) is 16.9 Å². The summed E-state index contributed by atoms with van der Waals surface area (Å²) in [5, 5.41) is 2.41. The molecule has 0 aliphatic carbocycles. The summed E-state index contributed by atoms with van der Waals surface area (Å²) >= 11 is 0. The lowest BCUT2D eigenvalue weighted by atomic mass is 10.1. The van der Waals surface area contributed by atoms with Crippen molar-refractivity contribution in [2.75, 3.05) is 13.7 Å². The molecule has 1 atom stereocenters. The monoisotopic (exact) mass is 331 g/mol. The summed E-state index contributed by atoms with van der Waals surface area (Å²) in [6.07, 6.45) is 0.949. The minimum atomic E-state index is -0.918. The second-order valence-corrected chi connectivity index (χ2v) is 5.91. The standard InChI is InChI=1S/C15H26FN3O4/c1-10(17)18-9-11(16)7-6-8-12(13(20)22-5)19-14(21)23-15(2,3)4/h7,12H,6,8-9H2,1-5H3,(H2,17,18)(H,19,21)/b11-7+. The maximum Gasteiger partial charge on any atom is 0.408 e. The van der Waals surface area contributed by atoms with Gasteiger partial charge in [0.1, 0.15) is 17.5 Å². The first kappa shape index (κ1) is 20.9. The third kappa shape index (κ3) is 11.1. The van der Waals surface area contributed by atoms with Gasteiger partial charge in [0.2, 0.25) is 0 Å². The molecule has 1 unspecified atom stereocenters. The number of aliphatic imine (C=N–C) groups is 1. The minimum Gasteiger partial charge on any atom is -0.467 e. The lowest BCUT2D eigenvalue weighted by Crippen LogP contribution is -2.43. The fourth-order valence-corrected chi connectivity index (χ4v) is 1.51. The number of amides is 1. The summed E-state index contributed by atoms with van der Waals surface area (Å²) in [7, 11) is 1.21. The van der Waals surface area contributed by atoms with Crippen LogP contribution in [-0.4, -0.2) is 43.2 Å². The molecule has 0 fully saturated rings. The Morgan fingerprint density at radius 1 is 1.39 bits per heavy atom. The van der Waals surface area contributed by atoms with Gasteiger partial charge >= 0.3 is 12.1 Å². The van der Waals surface area contributed by atoms with Crippen molar-refractivity contribution in [1.29, 1.82) is 0 Å². The van der Waals surface area contributed by atoms with Crippen LogP contribution in [0.25, 0.3) is 0 Å². The number of nitrogens with zero attached hydrogens (tertiary/aromatic N) is 1. The zero-order valence-corrected chi connectivity index (χ0v) is 14.3. The van der Waals surface area contributed by atoms with Gasteiger partial charge in [-0.25, -0.2) is 14.0 Å². The molecule has 23 heavy (non-hydrogen) atoms. The fraction of sp³-hybridized carbons (Fsp3) is 0.667. The highest BCUT2D eigenvalue weighted by molar-refractivity contribution is 5.81. The van der Waals surface area contributed by atoms with Crippen LogP contribution in [-0.2, 0) is 14.3 Å². The van der Waals surface area contributed by atoms with E-state index in [9.17, 15) is 14.0 Å². The molecule has 0 aromatic carbocycles. The number of nitrogens with two attached hydrogens (primary N) is 1. The Kier molecular flexibility index (Phi) is 8.90. The Morgan fingerprint density at radius 3 is 2.48 bits per heavy atom. The van der Waals surface area contributed by atoms with Crippen LogP contribution < -0.4 is 11.1 Å². The SMILES string of the molecule is COC(=O)C(CC/C=C(/F)CN=C(C)N)NC(=O)OC(C)(C)C. The zero-order chi connectivity index (χ0) is 18.0. The number of ether oxygens (including phenoxy) is 2. The van der Waals surface area contributed by atoms with Gasteiger partial charge in [-0.1, -0.05) is 6.08 Å². The summed E-state index contributed by atoms with van der Waals surface area (Å²) in [5.41, 5.74) is 4.63. The molecular weight excluding hydrogens is 305 g/mol. The van der Waals surface area contributed by atoms with Crippen LogP contribution in [0, 0.1) is 0 Å². The summed E-state index contributed by atoms with van der Waals surface area (Å²) in [6.45, 7) is 6.53. The van der Waals surface area contributed by atoms with E-state index < -0.39 is 29.5 Å². The summed E-state index contributed by atoms with van der Waals surface area (Å²) in [4.78, 5) is 27.1. The van der Waals surface area contributed by atoms with Gasteiger partial charge in [0.15, 0.2) is 0 Å². The van der Waals surface area contributed by atoms with E-state index in [2.05, 4.69) is 15.0 Å². The second kappa shape index (κ2) is 9.81. The highest BCUT2D eigenvalue weighted by Gasteiger charge is 2.24. The molecule has 0 saturated carbocycles. The van der Waals surface area contributed by atoms with E-state index in [1.165, 1.54) is 13.2 Å². The Morgan fingerprint density at radius 2 is 2.00 bits per heavy atom. The molecule has 0 bridgehead atoms. The third-order valence-corrected chi connectivity index (χ3v) is 2.48. The van der Waals surface area contributed by atoms with Crippen LogP contribution in [0.1, 0.15) is 40.5 Å². The Balaban J connectivity index is 4.58. The highest BCUT2D eigenvalue weighted by atomic mass is 19.1. The Hall–Kier alpha value is -2.12. The topological polar surface area (TPSA) is 103 Å². The van der Waals surface area contributed by atoms with Gasteiger partial charge in [0.05, 0.1) is 19.5 Å². The number of carbonyl (C=O) groups is 2. The van der Waals surface area contributed by atoms with Gasteiger partial charge < -0.3 is 20.5 Å². The van der Waals surface area contributed by atoms with Crippen molar-refractivity contribution in [3.8, 4) is 0 Å². The molecular formula is C15H26FN3O4. The molecule has 0 radical (unpaired) electrons. The summed E-state index contributed by atoms with van der Waals surface area (Å²) in [6, 6.07) is -0.918. The number of hydrogen-bond donors (Lipinski definition) is 2. The van der Waals surface area contributed by atoms with Gasteiger partial charge in [-0.15, -0.1) is 0 Å². The predicted octanol–water partition coefficient (Wildman–Crippen LogP) is 2.06. The molecule has 0 aromatic heterocycles. The van der Waals surface area contributed by atoms with E-state index in [1.54, 1.807) is 27.7 Å². The molecule has 0 aromatic rings. The van der Waals surface area contributed by atoms with Crippen LogP contribution >= 0.6 is 0 Å². The number of esters is 1. The molecule has 0 spiro atoms. The number of methoxy groups -OCH3 is 1. The molecule has 8 heteroatoms. The molecule has 0 heterocycles. The molecule has 132 valence electrons. The number of alkyl carbamates (subject to hydrolysis) is 1. The van der Waals surface area contributed by atoms with Crippen molar-refractivity contribution in [2.45, 2.75) is 52.2 Å². The van der Waals surface area contributed by atoms with Crippen molar-refractivity contribution in [3.63, 3.8) is 0 Å². The summed E-state index contributed by atoms with van der Waals surface area (Å²) in [5.74, 6) is -0.802. The second-order valence-electron chi connectivity index (χ2n) is 5.91. The maximum absolute atomic E-state index is 13.5. The number of allylic oxidation sites excluding steroid dienone is 1. The molecule has 0 saturated heterocycles. The van der Waals surface area contributed by atoms with Crippen molar-refractivity contribution >= 4 is 17.9 Å². The van der Waals surface area contributed by atoms with E-state index in [4.69, 9.17) is 10.5 Å². The molecule has 7 nitrogen and oxygen atoms in total. The zero-order valence-electron chi connectivity index (χ0n) is 14.3. The number of hydrogen-bond acceptors (Lipinski definition) is 5. The van der Waals surface area contributed by atoms with Crippen molar-refractivity contribution in [1.82, 2.24) is 5.32 Å². The number of amidine groups is 1. The van der Waals surface area contributed by atoms with Gasteiger partial charge in [0, 0.05) is 0 Å². The maximum atomic E-state index is 13.5. The average molecular weight is 331 g/mol. The fourth-order valence-electron chi connectivity index (χ4n) is 1.51. The lowest BCUT2D eigenvalue weighted by molar-refractivity contribution is -0.143. The minimum absolute atomic E-state index is 0.148. The lowest BCUT2D eigenvalue weighted by Gasteiger charge is -2.22. The van der Waals surface area contributed by atoms with Crippen molar-refractivity contribution < 1.29 is 23.5 Å². The van der Waals surface area contributed by atoms with E-state index in [1.807, 2.05) is 0 Å². The van der Waals surface area contributed by atoms with E-state index in [0.29, 0.717) is 0 Å². The van der Waals surface area contributed by atoms with Gasteiger partial charge in [-0.3, -0.25) is 4.99 Å².